The molecule has 0 aliphatic carbocycles. The first kappa shape index (κ1) is 35.5. The highest BCUT2D eigenvalue weighted by Crippen LogP contribution is 2.25. The van der Waals surface area contributed by atoms with Crippen molar-refractivity contribution in [3.8, 4) is 22.9 Å². The number of benzene rings is 2. The van der Waals surface area contributed by atoms with Crippen molar-refractivity contribution < 1.29 is 23.4 Å². The minimum atomic E-state index is -0.642. The van der Waals surface area contributed by atoms with Crippen LogP contribution in [0, 0.1) is 12.9 Å². The Kier molecular flexibility index (Phi) is 11.3. The van der Waals surface area contributed by atoms with Crippen LogP contribution in [-0.4, -0.2) is 87.9 Å². The van der Waals surface area contributed by atoms with Crippen LogP contribution in [0.5, 0.6) is 11.5 Å². The lowest BCUT2D eigenvalue weighted by molar-refractivity contribution is 0.00597. The van der Waals surface area contributed by atoms with E-state index in [0.29, 0.717) is 44.4 Å². The van der Waals surface area contributed by atoms with Gasteiger partial charge < -0.3 is 24.0 Å². The van der Waals surface area contributed by atoms with Gasteiger partial charge in [0.1, 0.15) is 22.9 Å². The molecule has 0 N–H and O–H groups in total. The molecule has 4 aromatic rings. The summed E-state index contributed by atoms with van der Waals surface area (Å²) in [6.07, 6.45) is 1.93. The Hall–Kier alpha value is -4.84. The van der Waals surface area contributed by atoms with Gasteiger partial charge in [0.15, 0.2) is 5.82 Å². The first-order chi connectivity index (χ1) is 23.4. The molecule has 12 heteroatoms. The number of pyridine rings is 1. The standard InChI is InChI=1S/C37H46FN7O4/c1-25-22-44(36(46)49-37(3,4)5)19-18-43(25)17-16-29-20-32(33(38)39-21-29)34-40-26(2)41-35(42-34)45(23-27-8-12-30(47-6)13-9-27)24-28-10-14-31(48-7)15-11-28/h8-15,20-21,25H,16-19,22-24H2,1-7H3. The van der Waals surface area contributed by atoms with Gasteiger partial charge in [-0.25, -0.2) is 14.8 Å². The number of carbonyl (C=O) groups excluding carboxylic acids is 1. The monoisotopic (exact) mass is 671 g/mol. The molecule has 1 fully saturated rings. The minimum absolute atomic E-state index is 0.144. The summed E-state index contributed by atoms with van der Waals surface area (Å²) in [5.74, 6) is 2.01. The lowest BCUT2D eigenvalue weighted by Gasteiger charge is -2.40. The topological polar surface area (TPSA) is 106 Å². The number of nitrogens with zero attached hydrogens (tertiary/aromatic N) is 7. The van der Waals surface area contributed by atoms with Crippen LogP contribution in [-0.2, 0) is 24.2 Å². The molecule has 3 heterocycles. The lowest BCUT2D eigenvalue weighted by atomic mass is 10.1. The summed E-state index contributed by atoms with van der Waals surface area (Å²) in [6.45, 7) is 13.1. The van der Waals surface area contributed by atoms with Crippen LogP contribution < -0.4 is 14.4 Å². The Bertz CT molecular complexity index is 1660. The van der Waals surface area contributed by atoms with E-state index in [1.807, 2.05) is 74.2 Å². The van der Waals surface area contributed by atoms with Crippen LogP contribution in [0.4, 0.5) is 15.1 Å². The minimum Gasteiger partial charge on any atom is -0.497 e. The summed E-state index contributed by atoms with van der Waals surface area (Å²) in [6, 6.07) is 17.6. The molecule has 2 aromatic heterocycles. The third kappa shape index (κ3) is 9.62. The number of hydrogen-bond donors (Lipinski definition) is 0. The number of carbonyl (C=O) groups is 1. The van der Waals surface area contributed by atoms with Crippen molar-refractivity contribution in [3.05, 3.63) is 89.3 Å². The third-order valence-electron chi connectivity index (χ3n) is 8.32. The van der Waals surface area contributed by atoms with Gasteiger partial charge >= 0.3 is 6.09 Å². The normalized spacial score (nSPS) is 15.2. The van der Waals surface area contributed by atoms with Crippen molar-refractivity contribution in [3.63, 3.8) is 0 Å². The van der Waals surface area contributed by atoms with Crippen molar-refractivity contribution >= 4 is 12.0 Å². The number of halogens is 1. The predicted molar refractivity (Wildman–Crippen MR) is 186 cm³/mol. The van der Waals surface area contributed by atoms with E-state index in [0.717, 1.165) is 41.3 Å². The quantitative estimate of drug-likeness (QED) is 0.174. The second-order valence-corrected chi connectivity index (χ2v) is 13.3. The number of hydrogen-bond acceptors (Lipinski definition) is 10. The first-order valence-electron chi connectivity index (χ1n) is 16.5. The highest BCUT2D eigenvalue weighted by atomic mass is 19.1. The van der Waals surface area contributed by atoms with Gasteiger partial charge in [-0.3, -0.25) is 4.90 Å². The van der Waals surface area contributed by atoms with Crippen LogP contribution in [0.3, 0.4) is 0 Å². The summed E-state index contributed by atoms with van der Waals surface area (Å²) in [4.78, 5) is 36.8. The molecule has 49 heavy (non-hydrogen) atoms. The van der Waals surface area contributed by atoms with Crippen molar-refractivity contribution in [2.24, 2.45) is 0 Å². The highest BCUT2D eigenvalue weighted by Gasteiger charge is 2.29. The predicted octanol–water partition coefficient (Wildman–Crippen LogP) is 6.09. The highest BCUT2D eigenvalue weighted by molar-refractivity contribution is 5.68. The summed E-state index contributed by atoms with van der Waals surface area (Å²) in [7, 11) is 3.28. The maximum absolute atomic E-state index is 15.3. The molecule has 0 spiro atoms. The fraction of sp³-hybridized carbons (Fsp3) is 0.432. The number of methoxy groups -OCH3 is 2. The van der Waals surface area contributed by atoms with Crippen LogP contribution in [0.15, 0.2) is 60.8 Å². The van der Waals surface area contributed by atoms with E-state index in [9.17, 15) is 4.79 Å². The SMILES string of the molecule is COc1ccc(CN(Cc2ccc(OC)cc2)c2nc(C)nc(-c3cc(CCN4CCN(C(=O)OC(C)(C)C)CC4C)cnc3F)n2)cc1. The molecular formula is C37H46FN7O4. The zero-order chi connectivity index (χ0) is 35.1. The average molecular weight is 672 g/mol. The van der Waals surface area contributed by atoms with E-state index in [2.05, 4.69) is 26.8 Å². The van der Waals surface area contributed by atoms with Gasteiger partial charge in [-0.2, -0.15) is 14.4 Å². The molecule has 11 nitrogen and oxygen atoms in total. The molecule has 1 unspecified atom stereocenters. The van der Waals surface area contributed by atoms with Crippen molar-refractivity contribution in [1.82, 2.24) is 29.7 Å². The maximum atomic E-state index is 15.3. The molecule has 1 atom stereocenters. The number of aromatic nitrogens is 4. The van der Waals surface area contributed by atoms with Crippen LogP contribution in [0.25, 0.3) is 11.4 Å². The lowest BCUT2D eigenvalue weighted by Crippen LogP contribution is -2.54. The molecule has 1 saturated heterocycles. The number of amides is 1. The summed E-state index contributed by atoms with van der Waals surface area (Å²) < 4.78 is 31.6. The number of anilines is 1. The number of aryl methyl sites for hydroxylation is 1. The Labute approximate surface area is 288 Å². The molecule has 0 bridgehead atoms. The van der Waals surface area contributed by atoms with Gasteiger partial charge in [-0.15, -0.1) is 0 Å². The van der Waals surface area contributed by atoms with Crippen molar-refractivity contribution in [2.45, 2.75) is 65.8 Å². The molecular weight excluding hydrogens is 625 g/mol. The van der Waals surface area contributed by atoms with Gasteiger partial charge in [0.2, 0.25) is 11.9 Å². The Balaban J connectivity index is 1.34. The first-order valence-corrected chi connectivity index (χ1v) is 16.5. The fourth-order valence-electron chi connectivity index (χ4n) is 5.71. The molecule has 260 valence electrons. The van der Waals surface area contributed by atoms with Gasteiger partial charge in [-0.05, 0) is 88.1 Å². The Morgan fingerprint density at radius 2 is 1.53 bits per heavy atom. The molecule has 5 rings (SSSR count). The number of ether oxygens (including phenoxy) is 3. The second-order valence-electron chi connectivity index (χ2n) is 13.3. The Morgan fingerprint density at radius 1 is 0.918 bits per heavy atom. The van der Waals surface area contributed by atoms with Gasteiger partial charge in [0, 0.05) is 51.5 Å². The summed E-state index contributed by atoms with van der Waals surface area (Å²) in [5.41, 5.74) is 2.62. The maximum Gasteiger partial charge on any atom is 0.410 e. The van der Waals surface area contributed by atoms with Gasteiger partial charge in [-0.1, -0.05) is 24.3 Å². The Morgan fingerprint density at radius 3 is 2.08 bits per heavy atom. The van der Waals surface area contributed by atoms with Crippen LogP contribution in [0.2, 0.25) is 0 Å². The van der Waals surface area contributed by atoms with E-state index >= 15 is 4.39 Å². The van der Waals surface area contributed by atoms with Crippen molar-refractivity contribution in [2.75, 3.05) is 45.3 Å². The van der Waals surface area contributed by atoms with E-state index < -0.39 is 11.5 Å². The van der Waals surface area contributed by atoms with E-state index in [4.69, 9.17) is 19.2 Å². The van der Waals surface area contributed by atoms with Gasteiger partial charge in [0.25, 0.3) is 0 Å². The average Bonchev–Trinajstić information content (AvgIpc) is 3.07. The molecule has 0 saturated carbocycles. The second kappa shape index (κ2) is 15.6. The molecule has 0 radical (unpaired) electrons. The zero-order valence-corrected chi connectivity index (χ0v) is 29.4. The van der Waals surface area contributed by atoms with Gasteiger partial charge in [0.05, 0.1) is 19.8 Å². The van der Waals surface area contributed by atoms with E-state index in [-0.39, 0.29) is 23.5 Å². The zero-order valence-electron chi connectivity index (χ0n) is 29.4. The smallest absolute Gasteiger partial charge is 0.410 e. The molecule has 2 aromatic carbocycles. The van der Waals surface area contributed by atoms with E-state index in [1.165, 1.54) is 0 Å². The number of rotatable bonds is 11. The molecule has 1 aliphatic rings. The third-order valence-corrected chi connectivity index (χ3v) is 8.32. The van der Waals surface area contributed by atoms with Crippen LogP contribution in [0.1, 0.15) is 50.2 Å². The van der Waals surface area contributed by atoms with Crippen LogP contribution >= 0.6 is 0 Å². The molecule has 1 aliphatic heterocycles. The number of piperazine rings is 1. The summed E-state index contributed by atoms with van der Waals surface area (Å²) in [5, 5.41) is 0. The largest absolute Gasteiger partial charge is 0.497 e. The molecule has 1 amide bonds. The fourth-order valence-corrected chi connectivity index (χ4v) is 5.71. The van der Waals surface area contributed by atoms with Crippen molar-refractivity contribution in [1.29, 1.82) is 0 Å². The van der Waals surface area contributed by atoms with E-state index in [1.54, 1.807) is 38.3 Å². The summed E-state index contributed by atoms with van der Waals surface area (Å²) >= 11 is 0.